The van der Waals surface area contributed by atoms with E-state index in [0.717, 1.165) is 24.3 Å². The van der Waals surface area contributed by atoms with Crippen LogP contribution in [0.15, 0.2) is 54.6 Å². The molecular weight excluding hydrogens is 425 g/mol. The molecule has 0 aliphatic rings. The van der Waals surface area contributed by atoms with Gasteiger partial charge >= 0.3 is 6.18 Å². The molecule has 0 radical (unpaired) electrons. The van der Waals surface area contributed by atoms with Gasteiger partial charge in [-0.3, -0.25) is 0 Å². The molecule has 162 valence electrons. The minimum absolute atomic E-state index is 0.0190. The second-order valence-corrected chi connectivity index (χ2v) is 6.84. The van der Waals surface area contributed by atoms with Gasteiger partial charge in [0.1, 0.15) is 23.3 Å². The highest BCUT2D eigenvalue weighted by Crippen LogP contribution is 2.32. The summed E-state index contributed by atoms with van der Waals surface area (Å²) >= 11 is 0. The van der Waals surface area contributed by atoms with Gasteiger partial charge in [-0.1, -0.05) is 24.3 Å². The molecule has 0 aliphatic heterocycles. The van der Waals surface area contributed by atoms with E-state index in [1.165, 1.54) is 31.2 Å². The Morgan fingerprint density at radius 2 is 1.29 bits per heavy atom. The number of alkyl halides is 3. The van der Waals surface area contributed by atoms with Crippen molar-refractivity contribution in [2.24, 2.45) is 0 Å². The van der Waals surface area contributed by atoms with Crippen LogP contribution in [-0.4, -0.2) is 11.3 Å². The lowest BCUT2D eigenvalue weighted by Gasteiger charge is -2.11. The molecule has 0 aliphatic carbocycles. The molecule has 0 saturated carbocycles. The fourth-order valence-electron chi connectivity index (χ4n) is 3.05. The Kier molecular flexibility index (Phi) is 6.22. The molecule has 1 nitrogen and oxygen atoms in total. The highest BCUT2D eigenvalue weighted by molar-refractivity contribution is 5.72. The van der Waals surface area contributed by atoms with Crippen molar-refractivity contribution < 1.29 is 35.8 Å². The SMILES string of the molecule is CC(O)c1ccc(-c2ccc(-c3cc(F)c(/C=C/C(F)(F)F)c(F)c3)cc2F)cc1F. The van der Waals surface area contributed by atoms with Crippen LogP contribution in [0.5, 0.6) is 0 Å². The molecule has 1 unspecified atom stereocenters. The first-order valence-electron chi connectivity index (χ1n) is 8.99. The standard InChI is InChI=1S/C23H15F7O/c1-12(31)16-4-3-14(9-19(16)24)17-5-2-13(8-20(17)25)15-10-21(26)18(22(27)11-15)6-7-23(28,29)30/h2-12,31H,1H3/b7-6+. The molecule has 3 aromatic rings. The van der Waals surface area contributed by atoms with Crippen molar-refractivity contribution in [2.45, 2.75) is 19.2 Å². The van der Waals surface area contributed by atoms with Gasteiger partial charge in [-0.25, -0.2) is 17.6 Å². The second-order valence-electron chi connectivity index (χ2n) is 6.84. The second kappa shape index (κ2) is 8.55. The minimum Gasteiger partial charge on any atom is -0.389 e. The first kappa shape index (κ1) is 22.6. The van der Waals surface area contributed by atoms with E-state index in [0.29, 0.717) is 0 Å². The predicted molar refractivity (Wildman–Crippen MR) is 103 cm³/mol. The van der Waals surface area contributed by atoms with E-state index in [4.69, 9.17) is 0 Å². The van der Waals surface area contributed by atoms with Crippen molar-refractivity contribution in [3.63, 3.8) is 0 Å². The Morgan fingerprint density at radius 3 is 1.81 bits per heavy atom. The summed E-state index contributed by atoms with van der Waals surface area (Å²) in [6.07, 6.45) is -5.78. The van der Waals surface area contributed by atoms with Gasteiger partial charge in [0.05, 0.1) is 6.10 Å². The summed E-state index contributed by atoms with van der Waals surface area (Å²) < 4.78 is 93.8. The molecule has 8 heteroatoms. The number of benzene rings is 3. The lowest BCUT2D eigenvalue weighted by atomic mass is 9.97. The van der Waals surface area contributed by atoms with Crippen LogP contribution >= 0.6 is 0 Å². The van der Waals surface area contributed by atoms with Crippen molar-refractivity contribution in [2.75, 3.05) is 0 Å². The van der Waals surface area contributed by atoms with E-state index in [9.17, 15) is 35.8 Å². The van der Waals surface area contributed by atoms with Crippen molar-refractivity contribution >= 4 is 6.08 Å². The van der Waals surface area contributed by atoms with Gasteiger partial charge in [-0.2, -0.15) is 13.2 Å². The maximum absolute atomic E-state index is 14.6. The summed E-state index contributed by atoms with van der Waals surface area (Å²) in [4.78, 5) is 0. The predicted octanol–water partition coefficient (Wildman–Crippen LogP) is 7.21. The number of rotatable bonds is 4. The van der Waals surface area contributed by atoms with E-state index in [1.54, 1.807) is 0 Å². The van der Waals surface area contributed by atoms with E-state index in [2.05, 4.69) is 0 Å². The lowest BCUT2D eigenvalue weighted by Crippen LogP contribution is -2.01. The summed E-state index contributed by atoms with van der Waals surface area (Å²) in [5, 5.41) is 9.49. The molecule has 3 rings (SSSR count). The largest absolute Gasteiger partial charge is 0.409 e. The van der Waals surface area contributed by atoms with Crippen molar-refractivity contribution in [3.05, 3.63) is 89.0 Å². The zero-order valence-corrected chi connectivity index (χ0v) is 15.9. The van der Waals surface area contributed by atoms with Crippen molar-refractivity contribution in [1.29, 1.82) is 0 Å². The molecule has 1 N–H and O–H groups in total. The maximum atomic E-state index is 14.6. The van der Waals surface area contributed by atoms with Gasteiger partial charge in [0.25, 0.3) is 0 Å². The van der Waals surface area contributed by atoms with E-state index in [1.807, 2.05) is 0 Å². The van der Waals surface area contributed by atoms with Gasteiger partial charge in [0, 0.05) is 22.8 Å². The third kappa shape index (κ3) is 5.14. The molecule has 0 aromatic heterocycles. The normalized spacial score (nSPS) is 13.1. The molecule has 0 saturated heterocycles. The maximum Gasteiger partial charge on any atom is 0.409 e. The van der Waals surface area contributed by atoms with Crippen molar-refractivity contribution in [3.8, 4) is 22.3 Å². The summed E-state index contributed by atoms with van der Waals surface area (Å²) in [6, 6.07) is 9.00. The van der Waals surface area contributed by atoms with Gasteiger partial charge < -0.3 is 5.11 Å². The number of halogens is 7. The number of hydrogen-bond donors (Lipinski definition) is 1. The fraction of sp³-hybridized carbons (Fsp3) is 0.130. The van der Waals surface area contributed by atoms with Crippen molar-refractivity contribution in [1.82, 2.24) is 0 Å². The topological polar surface area (TPSA) is 20.2 Å². The van der Waals surface area contributed by atoms with E-state index >= 15 is 0 Å². The van der Waals surface area contributed by atoms with Crippen LogP contribution in [0.25, 0.3) is 28.3 Å². The van der Waals surface area contributed by atoms with Crippen LogP contribution in [0.1, 0.15) is 24.2 Å². The Balaban J connectivity index is 1.96. The molecular formula is C23H15F7O. The fourth-order valence-corrected chi connectivity index (χ4v) is 3.05. The first-order chi connectivity index (χ1) is 14.5. The average Bonchev–Trinajstić information content (AvgIpc) is 2.65. The molecule has 0 amide bonds. The van der Waals surface area contributed by atoms with Crippen LogP contribution in [0.3, 0.4) is 0 Å². The first-order valence-corrected chi connectivity index (χ1v) is 8.99. The summed E-state index contributed by atoms with van der Waals surface area (Å²) in [6.45, 7) is 1.38. The Bertz CT molecular complexity index is 1120. The van der Waals surface area contributed by atoms with Gasteiger partial charge in [-0.05, 0) is 54.0 Å². The average molecular weight is 440 g/mol. The van der Waals surface area contributed by atoms with Gasteiger partial charge in [0.15, 0.2) is 0 Å². The number of hydrogen-bond acceptors (Lipinski definition) is 1. The molecule has 3 aromatic carbocycles. The van der Waals surface area contributed by atoms with E-state index < -0.39 is 41.1 Å². The zero-order valence-electron chi connectivity index (χ0n) is 15.9. The number of allylic oxidation sites excluding steroid dienone is 1. The highest BCUT2D eigenvalue weighted by atomic mass is 19.4. The van der Waals surface area contributed by atoms with Crippen LogP contribution in [0, 0.1) is 23.3 Å². The molecule has 0 bridgehead atoms. The van der Waals surface area contributed by atoms with Crippen LogP contribution in [0.2, 0.25) is 0 Å². The molecule has 0 fully saturated rings. The third-order valence-electron chi connectivity index (χ3n) is 4.58. The quantitative estimate of drug-likeness (QED) is 0.425. The summed E-state index contributed by atoms with van der Waals surface area (Å²) in [7, 11) is 0. The van der Waals surface area contributed by atoms with E-state index in [-0.39, 0.29) is 40.0 Å². The number of aliphatic hydroxyl groups is 1. The third-order valence-corrected chi connectivity index (χ3v) is 4.58. The Morgan fingerprint density at radius 1 is 0.742 bits per heavy atom. The highest BCUT2D eigenvalue weighted by Gasteiger charge is 2.23. The number of aliphatic hydroxyl groups excluding tert-OH is 1. The molecule has 0 heterocycles. The van der Waals surface area contributed by atoms with Crippen LogP contribution in [0.4, 0.5) is 30.7 Å². The monoisotopic (exact) mass is 440 g/mol. The van der Waals surface area contributed by atoms with Crippen LogP contribution < -0.4 is 0 Å². The smallest absolute Gasteiger partial charge is 0.389 e. The minimum atomic E-state index is -4.73. The zero-order chi connectivity index (χ0) is 22.9. The lowest BCUT2D eigenvalue weighted by molar-refractivity contribution is -0.0790. The molecule has 0 spiro atoms. The van der Waals surface area contributed by atoms with Gasteiger partial charge in [-0.15, -0.1) is 0 Å². The summed E-state index contributed by atoms with van der Waals surface area (Å²) in [5.74, 6) is -4.00. The van der Waals surface area contributed by atoms with Gasteiger partial charge in [0.2, 0.25) is 0 Å². The van der Waals surface area contributed by atoms with Crippen LogP contribution in [-0.2, 0) is 0 Å². The molecule has 31 heavy (non-hydrogen) atoms. The Hall–Kier alpha value is -3.13. The summed E-state index contributed by atoms with van der Waals surface area (Å²) in [5.41, 5.74) is -0.619. The molecule has 1 atom stereocenters. The Labute approximate surface area is 173 Å².